The Labute approximate surface area is 75.7 Å². The average Bonchev–Trinajstić information content (AvgIpc) is 2.03. The van der Waals surface area contributed by atoms with E-state index >= 15 is 0 Å². The fraction of sp³-hybridized carbons (Fsp3) is 0.167. The fourth-order valence-electron chi connectivity index (χ4n) is 0.705. The smallest absolute Gasteiger partial charge is 0.358 e. The normalized spacial score (nSPS) is 9.83. The molecule has 1 aromatic rings. The van der Waals surface area contributed by atoms with Crippen LogP contribution in [-0.4, -0.2) is 9.91 Å². The fourth-order valence-corrected chi connectivity index (χ4v) is 1.18. The topological polar surface area (TPSA) is 56.0 Å². The molecule has 0 atom stereocenters. The minimum absolute atomic E-state index is 0.239. The van der Waals surface area contributed by atoms with Gasteiger partial charge in [0.1, 0.15) is 6.67 Å². The van der Waals surface area contributed by atoms with Gasteiger partial charge in [0.15, 0.2) is 0 Å². The highest BCUT2D eigenvalue weighted by atomic mass is 79.9. The standard InChI is InChI=1S/C6H4BrFN2O2/c7-5-1-4(3-8)2-6(9-5)10(11)12/h1-2H,3H2. The molecule has 0 fully saturated rings. The Bertz CT molecular complexity index is 318. The maximum Gasteiger partial charge on any atom is 0.365 e. The average molecular weight is 235 g/mol. The third-order valence-corrected chi connectivity index (χ3v) is 1.59. The Kier molecular flexibility index (Phi) is 2.69. The lowest BCUT2D eigenvalue weighted by Crippen LogP contribution is -1.93. The lowest BCUT2D eigenvalue weighted by molar-refractivity contribution is -0.389. The molecule has 0 aliphatic carbocycles. The summed E-state index contributed by atoms with van der Waals surface area (Å²) in [6.45, 7) is -0.734. The number of rotatable bonds is 2. The Balaban J connectivity index is 3.15. The van der Waals surface area contributed by atoms with Crippen molar-refractivity contribution in [3.8, 4) is 0 Å². The van der Waals surface area contributed by atoms with E-state index in [9.17, 15) is 14.5 Å². The molecule has 0 saturated heterocycles. The quantitative estimate of drug-likeness (QED) is 0.448. The first-order chi connectivity index (χ1) is 5.63. The van der Waals surface area contributed by atoms with Crippen LogP contribution in [0.4, 0.5) is 10.2 Å². The van der Waals surface area contributed by atoms with Gasteiger partial charge in [0.25, 0.3) is 0 Å². The molecular formula is C6H4BrFN2O2. The van der Waals surface area contributed by atoms with E-state index in [1.165, 1.54) is 6.07 Å². The second kappa shape index (κ2) is 3.57. The molecule has 12 heavy (non-hydrogen) atoms. The molecule has 1 heterocycles. The largest absolute Gasteiger partial charge is 0.365 e. The van der Waals surface area contributed by atoms with Crippen LogP contribution in [0, 0.1) is 10.1 Å². The maximum absolute atomic E-state index is 12.1. The summed E-state index contributed by atoms with van der Waals surface area (Å²) in [6, 6.07) is 2.50. The number of hydrogen-bond acceptors (Lipinski definition) is 3. The van der Waals surface area contributed by atoms with E-state index in [1.807, 2.05) is 0 Å². The Morgan fingerprint density at radius 3 is 2.83 bits per heavy atom. The van der Waals surface area contributed by atoms with E-state index in [2.05, 4.69) is 20.9 Å². The van der Waals surface area contributed by atoms with Crippen LogP contribution in [-0.2, 0) is 6.67 Å². The molecule has 0 spiro atoms. The summed E-state index contributed by atoms with van der Waals surface area (Å²) in [5.41, 5.74) is 0.239. The van der Waals surface area contributed by atoms with E-state index in [1.54, 1.807) is 0 Å². The van der Waals surface area contributed by atoms with Crippen molar-refractivity contribution in [3.63, 3.8) is 0 Å². The van der Waals surface area contributed by atoms with Gasteiger partial charge in [-0.05, 0) is 15.5 Å². The van der Waals surface area contributed by atoms with E-state index in [0.717, 1.165) is 6.07 Å². The van der Waals surface area contributed by atoms with Gasteiger partial charge in [-0.3, -0.25) is 0 Å². The highest BCUT2D eigenvalue weighted by Gasteiger charge is 2.10. The molecule has 6 heteroatoms. The predicted octanol–water partition coefficient (Wildman–Crippen LogP) is 2.22. The molecule has 0 saturated carbocycles. The molecule has 0 bridgehead atoms. The number of nitro groups is 1. The molecule has 0 aliphatic rings. The Hall–Kier alpha value is -1.04. The molecule has 0 aromatic carbocycles. The van der Waals surface area contributed by atoms with Crippen LogP contribution < -0.4 is 0 Å². The highest BCUT2D eigenvalue weighted by Crippen LogP contribution is 2.17. The van der Waals surface area contributed by atoms with E-state index < -0.39 is 11.6 Å². The summed E-state index contributed by atoms with van der Waals surface area (Å²) in [4.78, 5) is 13.1. The van der Waals surface area contributed by atoms with Crippen LogP contribution in [0.1, 0.15) is 5.56 Å². The Morgan fingerprint density at radius 1 is 1.67 bits per heavy atom. The van der Waals surface area contributed by atoms with Gasteiger partial charge in [0.05, 0.1) is 0 Å². The van der Waals surface area contributed by atoms with Crippen molar-refractivity contribution in [2.24, 2.45) is 0 Å². The molecule has 0 unspecified atom stereocenters. The van der Waals surface area contributed by atoms with Gasteiger partial charge in [0, 0.05) is 28.1 Å². The lowest BCUT2D eigenvalue weighted by Gasteiger charge is -1.94. The second-order valence-electron chi connectivity index (χ2n) is 2.05. The van der Waals surface area contributed by atoms with Crippen molar-refractivity contribution in [1.82, 2.24) is 4.98 Å². The van der Waals surface area contributed by atoms with Crippen LogP contribution in [0.2, 0.25) is 0 Å². The van der Waals surface area contributed by atoms with Gasteiger partial charge < -0.3 is 10.1 Å². The summed E-state index contributed by atoms with van der Waals surface area (Å²) in [5.74, 6) is -0.350. The molecule has 0 aliphatic heterocycles. The molecule has 0 amide bonds. The summed E-state index contributed by atoms with van der Waals surface area (Å²) in [5, 5.41) is 10.2. The van der Waals surface area contributed by atoms with E-state index in [0.29, 0.717) is 0 Å². The number of nitrogens with zero attached hydrogens (tertiary/aromatic N) is 2. The number of aromatic nitrogens is 1. The van der Waals surface area contributed by atoms with Gasteiger partial charge in [-0.15, -0.1) is 0 Å². The lowest BCUT2D eigenvalue weighted by atomic mass is 10.3. The number of hydrogen-bond donors (Lipinski definition) is 0. The summed E-state index contributed by atoms with van der Waals surface area (Å²) in [6.07, 6.45) is 0. The zero-order valence-electron chi connectivity index (χ0n) is 5.83. The number of pyridine rings is 1. The number of alkyl halides is 1. The first kappa shape index (κ1) is 9.05. The highest BCUT2D eigenvalue weighted by molar-refractivity contribution is 9.10. The first-order valence-corrected chi connectivity index (χ1v) is 3.79. The first-order valence-electron chi connectivity index (χ1n) is 3.00. The van der Waals surface area contributed by atoms with Crippen LogP contribution in [0.15, 0.2) is 16.7 Å². The van der Waals surface area contributed by atoms with Crippen molar-refractivity contribution >= 4 is 21.7 Å². The van der Waals surface area contributed by atoms with Crippen LogP contribution in [0.5, 0.6) is 0 Å². The van der Waals surface area contributed by atoms with Gasteiger partial charge in [-0.1, -0.05) is 0 Å². The van der Waals surface area contributed by atoms with Gasteiger partial charge in [-0.2, -0.15) is 0 Å². The SMILES string of the molecule is O=[N+]([O-])c1cc(CF)cc(Br)n1. The third kappa shape index (κ3) is 1.97. The minimum atomic E-state index is -0.734. The van der Waals surface area contributed by atoms with Crippen molar-refractivity contribution in [3.05, 3.63) is 32.4 Å². The van der Waals surface area contributed by atoms with Crippen LogP contribution >= 0.6 is 15.9 Å². The molecule has 64 valence electrons. The molecule has 1 rings (SSSR count). The zero-order valence-corrected chi connectivity index (χ0v) is 7.41. The number of halogens is 2. The van der Waals surface area contributed by atoms with Gasteiger partial charge in [0.2, 0.25) is 4.60 Å². The Morgan fingerprint density at radius 2 is 2.33 bits per heavy atom. The van der Waals surface area contributed by atoms with Crippen molar-refractivity contribution in [1.29, 1.82) is 0 Å². The van der Waals surface area contributed by atoms with Crippen LogP contribution in [0.3, 0.4) is 0 Å². The predicted molar refractivity (Wildman–Crippen MR) is 43.4 cm³/mol. The minimum Gasteiger partial charge on any atom is -0.358 e. The molecule has 0 radical (unpaired) electrons. The van der Waals surface area contributed by atoms with E-state index in [-0.39, 0.29) is 16.0 Å². The summed E-state index contributed by atoms with van der Waals surface area (Å²) in [7, 11) is 0. The van der Waals surface area contributed by atoms with Crippen molar-refractivity contribution in [2.75, 3.05) is 0 Å². The molecule has 0 N–H and O–H groups in total. The second-order valence-corrected chi connectivity index (χ2v) is 2.86. The van der Waals surface area contributed by atoms with Crippen LogP contribution in [0.25, 0.3) is 0 Å². The van der Waals surface area contributed by atoms with Crippen molar-refractivity contribution in [2.45, 2.75) is 6.67 Å². The monoisotopic (exact) mass is 234 g/mol. The van der Waals surface area contributed by atoms with Gasteiger partial charge >= 0.3 is 5.82 Å². The molecule has 4 nitrogen and oxygen atoms in total. The molecular weight excluding hydrogens is 231 g/mol. The molecule has 1 aromatic heterocycles. The van der Waals surface area contributed by atoms with Crippen molar-refractivity contribution < 1.29 is 9.31 Å². The maximum atomic E-state index is 12.1. The summed E-state index contributed by atoms with van der Waals surface area (Å²) >= 11 is 2.94. The van der Waals surface area contributed by atoms with Gasteiger partial charge in [-0.25, -0.2) is 4.39 Å². The van der Waals surface area contributed by atoms with E-state index in [4.69, 9.17) is 0 Å². The summed E-state index contributed by atoms with van der Waals surface area (Å²) < 4.78 is 12.3. The third-order valence-electron chi connectivity index (χ3n) is 1.18. The zero-order chi connectivity index (χ0) is 9.14.